The number of nitrogens with zero attached hydrogens (tertiary/aromatic N) is 2. The van der Waals surface area contributed by atoms with Crippen LogP contribution >= 0.6 is 11.6 Å². The van der Waals surface area contributed by atoms with Gasteiger partial charge >= 0.3 is 0 Å². The molecule has 0 fully saturated rings. The number of benzene rings is 2. The number of hydrogen-bond acceptors (Lipinski definition) is 2. The van der Waals surface area contributed by atoms with E-state index in [1.54, 1.807) is 0 Å². The number of nitrogens with one attached hydrogen (secondary N) is 1. The third-order valence-electron chi connectivity index (χ3n) is 3.88. The molecule has 0 spiro atoms. The van der Waals surface area contributed by atoms with Crippen molar-refractivity contribution in [3.63, 3.8) is 0 Å². The van der Waals surface area contributed by atoms with Gasteiger partial charge in [-0.15, -0.1) is 0 Å². The average Bonchev–Trinajstić information content (AvgIpc) is 2.91. The Balaban J connectivity index is 1.86. The molecule has 3 nitrogen and oxygen atoms in total. The third-order valence-corrected chi connectivity index (χ3v) is 4.21. The van der Waals surface area contributed by atoms with E-state index < -0.39 is 0 Å². The summed E-state index contributed by atoms with van der Waals surface area (Å²) in [6.07, 6.45) is 1.82. The molecule has 108 valence electrons. The molecule has 1 heterocycles. The van der Waals surface area contributed by atoms with Gasteiger partial charge in [-0.2, -0.15) is 5.10 Å². The van der Waals surface area contributed by atoms with Crippen LogP contribution in [0.2, 0.25) is 5.02 Å². The number of aryl methyl sites for hydroxylation is 1. The van der Waals surface area contributed by atoms with Crippen LogP contribution in [0.3, 0.4) is 0 Å². The predicted octanol–water partition coefficient (Wildman–Crippen LogP) is 4.08. The van der Waals surface area contributed by atoms with Crippen molar-refractivity contribution in [2.24, 2.45) is 7.05 Å². The summed E-state index contributed by atoms with van der Waals surface area (Å²) in [5.74, 6) is 0. The smallest absolute Gasteiger partial charge is 0.0518 e. The quantitative estimate of drug-likeness (QED) is 0.787. The minimum atomic E-state index is 0.238. The van der Waals surface area contributed by atoms with Crippen LogP contribution in [-0.4, -0.2) is 9.78 Å². The molecule has 0 unspecified atom stereocenters. The third kappa shape index (κ3) is 2.80. The van der Waals surface area contributed by atoms with Crippen LogP contribution in [0.15, 0.2) is 48.7 Å². The van der Waals surface area contributed by atoms with Crippen LogP contribution in [0.4, 0.5) is 0 Å². The van der Waals surface area contributed by atoms with Gasteiger partial charge in [-0.3, -0.25) is 4.68 Å². The van der Waals surface area contributed by atoms with Crippen LogP contribution in [0.1, 0.15) is 24.2 Å². The molecule has 2 aromatic carbocycles. The van der Waals surface area contributed by atoms with Crippen molar-refractivity contribution in [1.29, 1.82) is 0 Å². The molecule has 0 saturated carbocycles. The van der Waals surface area contributed by atoms with Gasteiger partial charge in [0.25, 0.3) is 0 Å². The summed E-state index contributed by atoms with van der Waals surface area (Å²) in [4.78, 5) is 0. The zero-order valence-electron chi connectivity index (χ0n) is 12.2. The van der Waals surface area contributed by atoms with E-state index in [1.165, 1.54) is 16.6 Å². The lowest BCUT2D eigenvalue weighted by Crippen LogP contribution is -2.20. The lowest BCUT2D eigenvalue weighted by atomic mass is 9.99. The summed E-state index contributed by atoms with van der Waals surface area (Å²) < 4.78 is 1.89. The summed E-state index contributed by atoms with van der Waals surface area (Å²) in [5, 5.41) is 10.8. The van der Waals surface area contributed by atoms with E-state index in [1.807, 2.05) is 36.1 Å². The topological polar surface area (TPSA) is 29.9 Å². The fraction of sp³-hybridized carbons (Fsp3) is 0.235. The second kappa shape index (κ2) is 5.88. The summed E-state index contributed by atoms with van der Waals surface area (Å²) in [7, 11) is 1.96. The van der Waals surface area contributed by atoms with E-state index in [2.05, 4.69) is 41.6 Å². The van der Waals surface area contributed by atoms with Crippen molar-refractivity contribution >= 4 is 22.4 Å². The van der Waals surface area contributed by atoms with Crippen molar-refractivity contribution < 1.29 is 0 Å². The van der Waals surface area contributed by atoms with Crippen molar-refractivity contribution in [3.05, 3.63) is 64.9 Å². The first-order valence-electron chi connectivity index (χ1n) is 7.04. The average molecular weight is 300 g/mol. The van der Waals surface area contributed by atoms with Crippen LogP contribution in [0.5, 0.6) is 0 Å². The van der Waals surface area contributed by atoms with E-state index in [9.17, 15) is 0 Å². The summed E-state index contributed by atoms with van der Waals surface area (Å²) in [6.45, 7) is 2.96. The molecule has 0 aliphatic heterocycles. The maximum absolute atomic E-state index is 6.28. The van der Waals surface area contributed by atoms with Crippen LogP contribution in [0, 0.1) is 0 Å². The highest BCUT2D eigenvalue weighted by atomic mass is 35.5. The number of rotatable bonds is 4. The summed E-state index contributed by atoms with van der Waals surface area (Å²) >= 11 is 6.28. The van der Waals surface area contributed by atoms with E-state index in [0.29, 0.717) is 0 Å². The Morgan fingerprint density at radius 1 is 1.14 bits per heavy atom. The van der Waals surface area contributed by atoms with Gasteiger partial charge in [0.2, 0.25) is 0 Å². The minimum absolute atomic E-state index is 0.238. The SMILES string of the molecule is C[C@@H](NCc1ccnn1C)c1ccc(Cl)c2ccccc12. The Kier molecular flexibility index (Phi) is 3.95. The Hall–Kier alpha value is -1.84. The van der Waals surface area contributed by atoms with Crippen molar-refractivity contribution in [3.8, 4) is 0 Å². The van der Waals surface area contributed by atoms with E-state index >= 15 is 0 Å². The molecule has 0 bridgehead atoms. The Morgan fingerprint density at radius 2 is 1.90 bits per heavy atom. The van der Waals surface area contributed by atoms with Crippen LogP contribution in [0.25, 0.3) is 10.8 Å². The maximum atomic E-state index is 6.28. The molecular formula is C17H18ClN3. The fourth-order valence-electron chi connectivity index (χ4n) is 2.61. The Morgan fingerprint density at radius 3 is 2.62 bits per heavy atom. The van der Waals surface area contributed by atoms with Gasteiger partial charge in [-0.25, -0.2) is 0 Å². The van der Waals surface area contributed by atoms with Crippen molar-refractivity contribution in [1.82, 2.24) is 15.1 Å². The first-order valence-corrected chi connectivity index (χ1v) is 7.42. The normalized spacial score (nSPS) is 12.7. The first kappa shape index (κ1) is 14.1. The van der Waals surface area contributed by atoms with Gasteiger partial charge < -0.3 is 5.32 Å². The zero-order valence-corrected chi connectivity index (χ0v) is 12.9. The molecule has 1 N–H and O–H groups in total. The second-order valence-corrected chi connectivity index (χ2v) is 5.64. The fourth-order valence-corrected chi connectivity index (χ4v) is 2.83. The summed E-state index contributed by atoms with van der Waals surface area (Å²) in [5.41, 5.74) is 2.43. The van der Waals surface area contributed by atoms with Crippen molar-refractivity contribution in [2.45, 2.75) is 19.5 Å². The van der Waals surface area contributed by atoms with E-state index in [-0.39, 0.29) is 6.04 Å². The number of fused-ring (bicyclic) bond motifs is 1. The molecule has 0 aliphatic carbocycles. The highest BCUT2D eigenvalue weighted by Crippen LogP contribution is 2.29. The van der Waals surface area contributed by atoms with Gasteiger partial charge in [0.05, 0.1) is 5.69 Å². The molecule has 3 aromatic rings. The van der Waals surface area contributed by atoms with Crippen LogP contribution in [-0.2, 0) is 13.6 Å². The highest BCUT2D eigenvalue weighted by Gasteiger charge is 2.11. The molecule has 1 aromatic heterocycles. The van der Waals surface area contributed by atoms with E-state index in [0.717, 1.165) is 17.0 Å². The largest absolute Gasteiger partial charge is 0.305 e. The zero-order chi connectivity index (χ0) is 14.8. The summed E-state index contributed by atoms with van der Waals surface area (Å²) in [6, 6.07) is 14.6. The van der Waals surface area contributed by atoms with E-state index in [4.69, 9.17) is 11.6 Å². The predicted molar refractivity (Wildman–Crippen MR) is 87.4 cm³/mol. The lowest BCUT2D eigenvalue weighted by Gasteiger charge is -2.17. The standard InChI is InChI=1S/C17H18ClN3/c1-12(19-11-13-9-10-20-21(13)2)14-7-8-17(18)16-6-4-3-5-15(14)16/h3-10,12,19H,11H2,1-2H3/t12-/m1/s1. The molecule has 0 radical (unpaired) electrons. The van der Waals surface area contributed by atoms with Crippen LogP contribution < -0.4 is 5.32 Å². The molecule has 0 aliphatic rings. The van der Waals surface area contributed by atoms with Gasteiger partial charge in [0.1, 0.15) is 0 Å². The second-order valence-electron chi connectivity index (χ2n) is 5.23. The lowest BCUT2D eigenvalue weighted by molar-refractivity contribution is 0.551. The minimum Gasteiger partial charge on any atom is -0.305 e. The first-order chi connectivity index (χ1) is 10.2. The van der Waals surface area contributed by atoms with Gasteiger partial charge in [-0.1, -0.05) is 41.9 Å². The van der Waals surface area contributed by atoms with Crippen molar-refractivity contribution in [2.75, 3.05) is 0 Å². The molecule has 0 amide bonds. The van der Waals surface area contributed by atoms with Gasteiger partial charge in [-0.05, 0) is 30.0 Å². The molecule has 0 saturated heterocycles. The molecule has 4 heteroatoms. The molecule has 1 atom stereocenters. The monoisotopic (exact) mass is 299 g/mol. The van der Waals surface area contributed by atoms with Gasteiger partial charge in [0.15, 0.2) is 0 Å². The Labute approximate surface area is 129 Å². The maximum Gasteiger partial charge on any atom is 0.0518 e. The molecule has 21 heavy (non-hydrogen) atoms. The van der Waals surface area contributed by atoms with Gasteiger partial charge in [0, 0.05) is 36.2 Å². The Bertz CT molecular complexity index is 764. The number of aromatic nitrogens is 2. The highest BCUT2D eigenvalue weighted by molar-refractivity contribution is 6.35. The number of halogens is 1. The molecular weight excluding hydrogens is 282 g/mol. The number of hydrogen-bond donors (Lipinski definition) is 1. The molecule has 3 rings (SSSR count).